The van der Waals surface area contributed by atoms with Crippen molar-refractivity contribution in [3.63, 3.8) is 0 Å². The van der Waals surface area contributed by atoms with Crippen LogP contribution in [0.5, 0.6) is 5.75 Å². The molecule has 2 atom stereocenters. The van der Waals surface area contributed by atoms with E-state index in [1.54, 1.807) is 0 Å². The number of carbonyl (C=O) groups is 1. The number of halogens is 7. The van der Waals surface area contributed by atoms with Crippen molar-refractivity contribution in [2.45, 2.75) is 49.7 Å². The van der Waals surface area contributed by atoms with Gasteiger partial charge in [-0.2, -0.15) is 13.2 Å². The van der Waals surface area contributed by atoms with E-state index in [2.05, 4.69) is 0 Å². The molecule has 198 valence electrons. The largest absolute Gasteiger partial charge is 0.492 e. The van der Waals surface area contributed by atoms with Gasteiger partial charge in [0, 0.05) is 29.5 Å². The lowest BCUT2D eigenvalue weighted by atomic mass is 9.95. The second kappa shape index (κ2) is 10.8. The van der Waals surface area contributed by atoms with Gasteiger partial charge in [0.25, 0.3) is 0 Å². The minimum absolute atomic E-state index is 0.0440. The number of fused-ring (bicyclic) bond motifs is 1. The van der Waals surface area contributed by atoms with Gasteiger partial charge in [0.15, 0.2) is 5.50 Å². The van der Waals surface area contributed by atoms with E-state index in [-0.39, 0.29) is 29.2 Å². The van der Waals surface area contributed by atoms with E-state index >= 15 is 4.39 Å². The third-order valence-corrected chi connectivity index (χ3v) is 6.94. The van der Waals surface area contributed by atoms with E-state index in [1.165, 1.54) is 30.9 Å². The fourth-order valence-electron chi connectivity index (χ4n) is 3.58. The summed E-state index contributed by atoms with van der Waals surface area (Å²) >= 11 is 0.576. The third kappa shape index (κ3) is 6.57. The average molecular weight is 540 g/mol. The maximum Gasteiger partial charge on any atom is 0.420 e. The molecule has 12 heteroatoms. The zero-order valence-corrected chi connectivity index (χ0v) is 20.1. The van der Waals surface area contributed by atoms with Gasteiger partial charge in [0.2, 0.25) is 6.43 Å². The maximum atomic E-state index is 15.2. The predicted molar refractivity (Wildman–Crippen MR) is 121 cm³/mol. The van der Waals surface area contributed by atoms with Gasteiger partial charge >= 0.3 is 12.1 Å². The van der Waals surface area contributed by atoms with Crippen molar-refractivity contribution in [1.29, 1.82) is 0 Å². The van der Waals surface area contributed by atoms with Gasteiger partial charge in [-0.3, -0.25) is 4.79 Å². The number of nitrogens with zero attached hydrogens (tertiary/aromatic N) is 1. The first-order valence-corrected chi connectivity index (χ1v) is 11.8. The summed E-state index contributed by atoms with van der Waals surface area (Å²) in [4.78, 5) is 12.8. The van der Waals surface area contributed by atoms with Gasteiger partial charge in [-0.25, -0.2) is 17.6 Å². The van der Waals surface area contributed by atoms with Crippen molar-refractivity contribution in [3.8, 4) is 5.75 Å². The van der Waals surface area contributed by atoms with E-state index in [1.807, 2.05) is 0 Å². The van der Waals surface area contributed by atoms with Crippen LogP contribution in [0.15, 0.2) is 41.3 Å². The second-order valence-electron chi connectivity index (χ2n) is 9.08. The molecule has 1 heterocycles. The number of hydrogen-bond donors (Lipinski definition) is 1. The number of thioether (sulfide) groups is 1. The zero-order valence-electron chi connectivity index (χ0n) is 19.3. The van der Waals surface area contributed by atoms with Crippen LogP contribution in [0, 0.1) is 17.2 Å². The second-order valence-corrected chi connectivity index (χ2v) is 10.2. The number of benzene rings is 2. The van der Waals surface area contributed by atoms with E-state index < -0.39 is 65.6 Å². The number of carboxylic acid groups (broad SMARTS) is 1. The molecular weight excluding hydrogens is 515 g/mol. The highest BCUT2D eigenvalue weighted by molar-refractivity contribution is 8.00. The topological polar surface area (TPSA) is 49.8 Å². The molecule has 2 aromatic rings. The summed E-state index contributed by atoms with van der Waals surface area (Å²) in [5.41, 5.74) is -4.25. The maximum absolute atomic E-state index is 15.2. The Morgan fingerprint density at radius 2 is 1.83 bits per heavy atom. The monoisotopic (exact) mass is 539 g/mol. The molecule has 0 radical (unpaired) electrons. The summed E-state index contributed by atoms with van der Waals surface area (Å²) in [6, 6.07) is 6.53. The smallest absolute Gasteiger partial charge is 0.420 e. The molecular formula is C24H24F7NO3S. The number of anilines is 2. The van der Waals surface area contributed by atoms with Gasteiger partial charge in [0.1, 0.15) is 18.2 Å². The molecule has 0 spiro atoms. The summed E-state index contributed by atoms with van der Waals surface area (Å²) in [6.07, 6.45) is -8.40. The predicted octanol–water partition coefficient (Wildman–Crippen LogP) is 7.54. The Morgan fingerprint density at radius 1 is 1.19 bits per heavy atom. The van der Waals surface area contributed by atoms with Crippen molar-refractivity contribution in [3.05, 3.63) is 47.8 Å². The van der Waals surface area contributed by atoms with E-state index in [4.69, 9.17) is 4.74 Å². The molecule has 0 fully saturated rings. The Morgan fingerprint density at radius 3 is 2.39 bits per heavy atom. The number of hydrogen-bond acceptors (Lipinski definition) is 4. The van der Waals surface area contributed by atoms with Crippen LogP contribution >= 0.6 is 11.8 Å². The molecule has 0 aromatic heterocycles. The van der Waals surface area contributed by atoms with Crippen LogP contribution in [-0.2, 0) is 11.0 Å². The summed E-state index contributed by atoms with van der Waals surface area (Å²) in [7, 11) is 0. The van der Waals surface area contributed by atoms with Crippen LogP contribution in [0.1, 0.15) is 32.3 Å². The third-order valence-electron chi connectivity index (χ3n) is 5.75. The minimum atomic E-state index is -4.91. The molecule has 1 aliphatic heterocycles. The van der Waals surface area contributed by atoms with Gasteiger partial charge in [-0.1, -0.05) is 11.8 Å². The van der Waals surface area contributed by atoms with Crippen LogP contribution in [0.2, 0.25) is 0 Å². The van der Waals surface area contributed by atoms with Gasteiger partial charge in [-0.05, 0) is 56.7 Å². The van der Waals surface area contributed by atoms with Crippen molar-refractivity contribution in [2.75, 3.05) is 18.1 Å². The van der Waals surface area contributed by atoms with Gasteiger partial charge < -0.3 is 14.7 Å². The number of aliphatic carboxylic acids is 1. The number of alkyl halides is 6. The van der Waals surface area contributed by atoms with Crippen molar-refractivity contribution >= 4 is 29.1 Å². The molecule has 1 N–H and O–H groups in total. The Labute approximate surface area is 207 Å². The van der Waals surface area contributed by atoms with Crippen LogP contribution in [0.4, 0.5) is 42.1 Å². The van der Waals surface area contributed by atoms with E-state index in [0.29, 0.717) is 11.8 Å². The summed E-state index contributed by atoms with van der Waals surface area (Å²) in [5, 5.41) is 9.27. The molecule has 0 saturated heterocycles. The summed E-state index contributed by atoms with van der Waals surface area (Å²) in [6.45, 7) is 1.75. The molecule has 4 nitrogen and oxygen atoms in total. The highest BCUT2D eigenvalue weighted by Gasteiger charge is 2.40. The number of rotatable bonds is 8. The minimum Gasteiger partial charge on any atom is -0.492 e. The van der Waals surface area contributed by atoms with E-state index in [9.17, 15) is 36.2 Å². The fraction of sp³-hybridized carbons (Fsp3) is 0.458. The Kier molecular flexibility index (Phi) is 8.37. The lowest BCUT2D eigenvalue weighted by molar-refractivity contribution is -0.148. The normalized spacial score (nSPS) is 18.7. The van der Waals surface area contributed by atoms with Crippen LogP contribution in [-0.4, -0.2) is 36.2 Å². The van der Waals surface area contributed by atoms with E-state index in [0.717, 1.165) is 24.3 Å². The van der Waals surface area contributed by atoms with Crippen molar-refractivity contribution in [1.82, 2.24) is 0 Å². The van der Waals surface area contributed by atoms with Gasteiger partial charge in [-0.15, -0.1) is 0 Å². The summed E-state index contributed by atoms with van der Waals surface area (Å²) < 4.78 is 102. The lowest BCUT2D eigenvalue weighted by Crippen LogP contribution is -2.31. The first-order chi connectivity index (χ1) is 16.7. The first-order valence-electron chi connectivity index (χ1n) is 10.9. The van der Waals surface area contributed by atoms with Crippen molar-refractivity contribution < 1.29 is 45.4 Å². The highest BCUT2D eigenvalue weighted by atomic mass is 32.2. The lowest BCUT2D eigenvalue weighted by Gasteiger charge is -2.29. The Hall–Kier alpha value is -2.63. The molecule has 0 saturated carbocycles. The zero-order chi connectivity index (χ0) is 26.8. The molecule has 3 rings (SSSR count). The molecule has 1 aliphatic rings. The first kappa shape index (κ1) is 27.9. The summed E-state index contributed by atoms with van der Waals surface area (Å²) in [5.74, 6) is -3.53. The molecule has 36 heavy (non-hydrogen) atoms. The molecule has 0 bridgehead atoms. The fourth-order valence-corrected chi connectivity index (χ4v) is 4.70. The Bertz CT molecular complexity index is 1080. The van der Waals surface area contributed by atoms with Gasteiger partial charge in [0.05, 0.1) is 16.7 Å². The van der Waals surface area contributed by atoms with Crippen molar-refractivity contribution in [2.24, 2.45) is 11.3 Å². The SMILES string of the molecule is CC(C)(COc1cc2c(cc1C(F)(F)F)N(c1ccc(F)cc1)CC(CCC(F)F)C(F)S2)C(=O)O. The molecule has 0 amide bonds. The molecule has 2 aromatic carbocycles. The highest BCUT2D eigenvalue weighted by Crippen LogP contribution is 2.49. The molecule has 2 unspecified atom stereocenters. The van der Waals surface area contributed by atoms with Crippen LogP contribution in [0.3, 0.4) is 0 Å². The molecule has 0 aliphatic carbocycles. The van der Waals surface area contributed by atoms with Crippen LogP contribution < -0.4 is 9.64 Å². The quantitative estimate of drug-likeness (QED) is 0.352. The number of carboxylic acids is 1. The number of ether oxygens (including phenoxy) is 1. The van der Waals surface area contributed by atoms with Crippen LogP contribution in [0.25, 0.3) is 0 Å². The average Bonchev–Trinajstić information content (AvgIpc) is 2.91. The standard InChI is InChI=1S/C24H24F7NO3S/c1-23(2,22(33)34)12-35-18-10-19-17(9-16(18)24(29,30)31)32(15-6-4-14(25)5-7-15)11-13(21(28)36-19)3-8-20(26)27/h4-7,9-10,13,20-21H,3,8,11-12H2,1-2H3,(H,33,34). The Balaban J connectivity index is 2.12.